The summed E-state index contributed by atoms with van der Waals surface area (Å²) in [4.78, 5) is 19.5. The van der Waals surface area contributed by atoms with Crippen molar-refractivity contribution in [3.8, 4) is 11.5 Å². The topological polar surface area (TPSA) is 72.8 Å². The lowest BCUT2D eigenvalue weighted by Gasteiger charge is -2.01. The summed E-state index contributed by atoms with van der Waals surface area (Å²) in [6, 6.07) is 6.83. The van der Waals surface area contributed by atoms with Crippen LogP contribution in [0.2, 0.25) is 0 Å². The third-order valence-electron chi connectivity index (χ3n) is 1.32. The number of hydrogen-bond donors (Lipinski definition) is 1. The van der Waals surface area contributed by atoms with Crippen molar-refractivity contribution in [3.63, 3.8) is 0 Å². The largest absolute Gasteiger partial charge is 0.497 e. The van der Waals surface area contributed by atoms with Crippen molar-refractivity contribution in [2.24, 2.45) is 0 Å². The number of carbonyl (C=O) groups is 2. The van der Waals surface area contributed by atoms with Crippen molar-refractivity contribution in [3.05, 3.63) is 24.3 Å². The minimum atomic E-state index is -0.833. The van der Waals surface area contributed by atoms with Gasteiger partial charge in [-0.05, 0) is 24.3 Å². The summed E-state index contributed by atoms with van der Waals surface area (Å²) in [7, 11) is 1.58. The summed E-state index contributed by atoms with van der Waals surface area (Å²) >= 11 is 0. The Kier molecular flexibility index (Phi) is 6.35. The highest BCUT2D eigenvalue weighted by molar-refractivity contribution is 5.69. The maximum absolute atomic E-state index is 10.5. The number of esters is 1. The first kappa shape index (κ1) is 14.0. The first-order valence-electron chi connectivity index (χ1n) is 4.47. The summed E-state index contributed by atoms with van der Waals surface area (Å²) in [5, 5.41) is 7.42. The molecule has 0 saturated heterocycles. The molecule has 1 aromatic carbocycles. The fourth-order valence-electron chi connectivity index (χ4n) is 0.810. The molecule has 0 aliphatic carbocycles. The summed E-state index contributed by atoms with van der Waals surface area (Å²) in [6.45, 7) is 2.45. The maximum Gasteiger partial charge on any atom is 0.308 e. The molecule has 88 valence electrons. The number of aliphatic carboxylic acids is 1. The van der Waals surface area contributed by atoms with Gasteiger partial charge in [0.05, 0.1) is 7.11 Å². The molecule has 0 spiro atoms. The van der Waals surface area contributed by atoms with Crippen molar-refractivity contribution in [1.82, 2.24) is 0 Å². The second-order valence-electron chi connectivity index (χ2n) is 2.79. The Hall–Kier alpha value is -2.04. The van der Waals surface area contributed by atoms with Gasteiger partial charge in [-0.2, -0.15) is 0 Å². The Morgan fingerprint density at radius 2 is 1.44 bits per heavy atom. The van der Waals surface area contributed by atoms with Gasteiger partial charge in [-0.25, -0.2) is 0 Å². The van der Waals surface area contributed by atoms with Crippen molar-refractivity contribution in [1.29, 1.82) is 0 Å². The van der Waals surface area contributed by atoms with E-state index in [-0.39, 0.29) is 5.97 Å². The fraction of sp³-hybridized carbons (Fsp3) is 0.273. The van der Waals surface area contributed by atoms with Crippen LogP contribution in [-0.4, -0.2) is 24.2 Å². The van der Waals surface area contributed by atoms with Crippen LogP contribution in [0.5, 0.6) is 11.5 Å². The quantitative estimate of drug-likeness (QED) is 0.614. The molecule has 0 aliphatic heterocycles. The van der Waals surface area contributed by atoms with Crippen LogP contribution in [0.4, 0.5) is 0 Å². The Bertz CT molecular complexity index is 338. The summed E-state index contributed by atoms with van der Waals surface area (Å²) in [5.41, 5.74) is 0. The molecule has 1 aromatic rings. The lowest BCUT2D eigenvalue weighted by molar-refractivity contribution is -0.134. The monoisotopic (exact) mass is 226 g/mol. The van der Waals surface area contributed by atoms with Gasteiger partial charge in [0.1, 0.15) is 11.5 Å². The van der Waals surface area contributed by atoms with E-state index in [1.807, 2.05) is 0 Å². The highest BCUT2D eigenvalue weighted by Gasteiger charge is 1.96. The average molecular weight is 226 g/mol. The van der Waals surface area contributed by atoms with Crippen LogP contribution in [0.1, 0.15) is 13.8 Å². The maximum atomic E-state index is 10.5. The number of methoxy groups -OCH3 is 1. The van der Waals surface area contributed by atoms with Crippen LogP contribution >= 0.6 is 0 Å². The van der Waals surface area contributed by atoms with Crippen LogP contribution in [-0.2, 0) is 9.59 Å². The highest BCUT2D eigenvalue weighted by atomic mass is 16.5. The number of hydrogen-bond acceptors (Lipinski definition) is 4. The predicted octanol–water partition coefficient (Wildman–Crippen LogP) is 1.71. The normalized spacial score (nSPS) is 8.44. The molecule has 0 atom stereocenters. The van der Waals surface area contributed by atoms with Crippen LogP contribution in [0.15, 0.2) is 24.3 Å². The number of ether oxygens (including phenoxy) is 2. The number of carbonyl (C=O) groups excluding carboxylic acids is 1. The van der Waals surface area contributed by atoms with E-state index in [9.17, 15) is 4.79 Å². The second kappa shape index (κ2) is 7.28. The third-order valence-corrected chi connectivity index (χ3v) is 1.32. The van der Waals surface area contributed by atoms with Crippen molar-refractivity contribution >= 4 is 11.9 Å². The van der Waals surface area contributed by atoms with E-state index in [4.69, 9.17) is 19.4 Å². The number of rotatable bonds is 2. The van der Waals surface area contributed by atoms with E-state index in [1.54, 1.807) is 31.4 Å². The smallest absolute Gasteiger partial charge is 0.308 e. The van der Waals surface area contributed by atoms with E-state index in [0.717, 1.165) is 12.7 Å². The SMILES string of the molecule is CC(=O)O.COc1ccc(OC(C)=O)cc1. The lowest BCUT2D eigenvalue weighted by atomic mass is 10.3. The van der Waals surface area contributed by atoms with Gasteiger partial charge < -0.3 is 14.6 Å². The summed E-state index contributed by atoms with van der Waals surface area (Å²) in [5.74, 6) is 0.120. The molecule has 1 N–H and O–H groups in total. The van der Waals surface area contributed by atoms with Gasteiger partial charge in [-0.3, -0.25) is 9.59 Å². The van der Waals surface area contributed by atoms with Gasteiger partial charge in [-0.15, -0.1) is 0 Å². The molecular formula is C11H14O5. The molecule has 0 fully saturated rings. The highest BCUT2D eigenvalue weighted by Crippen LogP contribution is 2.16. The fourth-order valence-corrected chi connectivity index (χ4v) is 0.810. The van der Waals surface area contributed by atoms with Crippen LogP contribution < -0.4 is 9.47 Å². The molecule has 0 unspecified atom stereocenters. The minimum Gasteiger partial charge on any atom is -0.497 e. The molecule has 0 saturated carbocycles. The Labute approximate surface area is 93.6 Å². The van der Waals surface area contributed by atoms with E-state index in [0.29, 0.717) is 5.75 Å². The molecule has 0 heterocycles. The van der Waals surface area contributed by atoms with E-state index in [2.05, 4.69) is 0 Å². The Balaban J connectivity index is 0.000000487. The van der Waals surface area contributed by atoms with Gasteiger partial charge >= 0.3 is 5.97 Å². The van der Waals surface area contributed by atoms with E-state index < -0.39 is 5.97 Å². The average Bonchev–Trinajstić information content (AvgIpc) is 2.17. The van der Waals surface area contributed by atoms with Crippen LogP contribution in [0.3, 0.4) is 0 Å². The Morgan fingerprint density at radius 1 is 1.06 bits per heavy atom. The standard InChI is InChI=1S/C9H10O3.C2H4O2/c1-7(10)12-9-5-3-8(11-2)4-6-9;1-2(3)4/h3-6H,1-2H3;1H3,(H,3,4). The van der Waals surface area contributed by atoms with Gasteiger partial charge in [0.15, 0.2) is 0 Å². The summed E-state index contributed by atoms with van der Waals surface area (Å²) in [6.07, 6.45) is 0. The van der Waals surface area contributed by atoms with Crippen molar-refractivity contribution in [2.45, 2.75) is 13.8 Å². The molecule has 0 amide bonds. The molecule has 0 radical (unpaired) electrons. The molecule has 16 heavy (non-hydrogen) atoms. The van der Waals surface area contributed by atoms with Crippen molar-refractivity contribution in [2.75, 3.05) is 7.11 Å². The van der Waals surface area contributed by atoms with Gasteiger partial charge in [0.25, 0.3) is 5.97 Å². The minimum absolute atomic E-state index is 0.319. The molecule has 0 aliphatic rings. The summed E-state index contributed by atoms with van der Waals surface area (Å²) < 4.78 is 9.75. The van der Waals surface area contributed by atoms with Crippen LogP contribution in [0, 0.1) is 0 Å². The second-order valence-corrected chi connectivity index (χ2v) is 2.79. The Morgan fingerprint density at radius 3 is 1.75 bits per heavy atom. The van der Waals surface area contributed by atoms with Gasteiger partial charge in [0.2, 0.25) is 0 Å². The molecule has 0 aromatic heterocycles. The van der Waals surface area contributed by atoms with Crippen molar-refractivity contribution < 1.29 is 24.2 Å². The van der Waals surface area contributed by atoms with Gasteiger partial charge in [0, 0.05) is 13.8 Å². The zero-order valence-electron chi connectivity index (χ0n) is 9.39. The van der Waals surface area contributed by atoms with Gasteiger partial charge in [-0.1, -0.05) is 0 Å². The first-order valence-corrected chi connectivity index (χ1v) is 4.47. The molecular weight excluding hydrogens is 212 g/mol. The molecule has 1 rings (SSSR count). The van der Waals surface area contributed by atoms with Crippen LogP contribution in [0.25, 0.3) is 0 Å². The number of benzene rings is 1. The number of carboxylic acid groups (broad SMARTS) is 1. The lowest BCUT2D eigenvalue weighted by Crippen LogP contribution is -2.00. The molecule has 5 nitrogen and oxygen atoms in total. The first-order chi connectivity index (χ1) is 7.45. The molecule has 5 heteroatoms. The zero-order chi connectivity index (χ0) is 12.6. The predicted molar refractivity (Wildman–Crippen MR) is 57.6 cm³/mol. The number of carboxylic acids is 1. The zero-order valence-corrected chi connectivity index (χ0v) is 9.39. The third kappa shape index (κ3) is 7.37. The van der Waals surface area contributed by atoms with E-state index >= 15 is 0 Å². The van der Waals surface area contributed by atoms with E-state index in [1.165, 1.54) is 6.92 Å². The molecule has 0 bridgehead atoms.